The zero-order chi connectivity index (χ0) is 11.1. The van der Waals surface area contributed by atoms with Gasteiger partial charge in [0.05, 0.1) is 5.36 Å². The van der Waals surface area contributed by atoms with E-state index >= 15 is 0 Å². The first kappa shape index (κ1) is 9.55. The number of benzene rings is 2. The molecule has 1 nitrogen and oxygen atoms in total. The van der Waals surface area contributed by atoms with Gasteiger partial charge in [-0.3, -0.25) is 0 Å². The van der Waals surface area contributed by atoms with E-state index in [0.717, 1.165) is 5.56 Å². The highest BCUT2D eigenvalue weighted by Gasteiger charge is 2.08. The third-order valence-electron chi connectivity index (χ3n) is 2.82. The number of aryl methyl sites for hydroxylation is 1. The Bertz CT molecular complexity index is 697. The van der Waals surface area contributed by atoms with Crippen molar-refractivity contribution in [3.63, 3.8) is 0 Å². The second-order valence-corrected chi connectivity index (χ2v) is 5.01. The maximum Gasteiger partial charge on any atom is 0.0626 e. The van der Waals surface area contributed by atoms with Crippen LogP contribution in [0.15, 0.2) is 42.5 Å². The molecule has 1 aliphatic carbocycles. The van der Waals surface area contributed by atoms with Gasteiger partial charge >= 0.3 is 0 Å². The van der Waals surface area contributed by atoms with Crippen LogP contribution in [-0.2, 0) is 0 Å². The van der Waals surface area contributed by atoms with E-state index in [4.69, 9.17) is 5.41 Å². The van der Waals surface area contributed by atoms with Crippen LogP contribution < -0.4 is 5.36 Å². The van der Waals surface area contributed by atoms with E-state index < -0.39 is 0 Å². The molecule has 0 unspecified atom stereocenters. The van der Waals surface area contributed by atoms with Crippen molar-refractivity contribution in [3.8, 4) is 10.4 Å². The summed E-state index contributed by atoms with van der Waals surface area (Å²) in [7, 11) is 0. The van der Waals surface area contributed by atoms with E-state index in [2.05, 4.69) is 31.2 Å². The molecular formula is C14H11NS. The largest absolute Gasteiger partial charge is 0.300 e. The van der Waals surface area contributed by atoms with Crippen molar-refractivity contribution in [3.05, 3.63) is 53.4 Å². The Labute approximate surface area is 97.9 Å². The van der Waals surface area contributed by atoms with Crippen molar-refractivity contribution in [1.29, 1.82) is 5.41 Å². The highest BCUT2D eigenvalue weighted by atomic mass is 32.1. The Morgan fingerprint density at radius 2 is 1.88 bits per heavy atom. The van der Waals surface area contributed by atoms with Crippen molar-refractivity contribution in [2.75, 3.05) is 0 Å². The maximum atomic E-state index is 7.94. The number of rotatable bonds is 0. The first-order valence-corrected chi connectivity index (χ1v) is 6.04. The Morgan fingerprint density at radius 3 is 2.75 bits per heavy atom. The minimum atomic E-state index is 0.614. The molecule has 3 rings (SSSR count). The molecule has 1 aliphatic heterocycles. The predicted molar refractivity (Wildman–Crippen MR) is 69.0 cm³/mol. The molecule has 0 saturated heterocycles. The Kier molecular flexibility index (Phi) is 2.04. The lowest BCUT2D eigenvalue weighted by Crippen LogP contribution is -2.04. The summed E-state index contributed by atoms with van der Waals surface area (Å²) in [6.45, 7) is 2.10. The molecule has 1 aromatic carbocycles. The van der Waals surface area contributed by atoms with Gasteiger partial charge in [-0.1, -0.05) is 24.3 Å². The van der Waals surface area contributed by atoms with Gasteiger partial charge in [0.2, 0.25) is 0 Å². The highest BCUT2D eigenvalue weighted by molar-refractivity contribution is 7.21. The first-order chi connectivity index (χ1) is 7.75. The second kappa shape index (κ2) is 3.42. The summed E-state index contributed by atoms with van der Waals surface area (Å²) in [5.41, 5.74) is 2.31. The monoisotopic (exact) mass is 225 g/mol. The molecule has 0 bridgehead atoms. The Balaban J connectivity index is 2.56. The number of hydrogen-bond acceptors (Lipinski definition) is 2. The fraction of sp³-hybridized carbons (Fsp3) is 0.0714. The van der Waals surface area contributed by atoms with Crippen molar-refractivity contribution in [1.82, 2.24) is 0 Å². The van der Waals surface area contributed by atoms with Crippen LogP contribution in [-0.4, -0.2) is 0 Å². The molecule has 0 radical (unpaired) electrons. The summed E-state index contributed by atoms with van der Waals surface area (Å²) < 4.78 is 1.28. The summed E-state index contributed by atoms with van der Waals surface area (Å²) in [6, 6.07) is 14.4. The number of nitrogens with one attached hydrogen (secondary N) is 1. The predicted octanol–water partition coefficient (Wildman–Crippen LogP) is 3.79. The van der Waals surface area contributed by atoms with Crippen LogP contribution in [0.5, 0.6) is 0 Å². The minimum absolute atomic E-state index is 0.614. The van der Waals surface area contributed by atoms with Crippen molar-refractivity contribution < 1.29 is 0 Å². The lowest BCUT2D eigenvalue weighted by Gasteiger charge is -2.09. The van der Waals surface area contributed by atoms with Crippen molar-refractivity contribution >= 4 is 21.4 Å². The van der Waals surface area contributed by atoms with Gasteiger partial charge in [-0.25, -0.2) is 0 Å². The molecule has 0 saturated carbocycles. The molecule has 0 aromatic heterocycles. The van der Waals surface area contributed by atoms with Crippen molar-refractivity contribution in [2.24, 2.45) is 0 Å². The first-order valence-electron chi connectivity index (χ1n) is 5.22. The van der Waals surface area contributed by atoms with Crippen molar-refractivity contribution in [2.45, 2.75) is 6.92 Å². The summed E-state index contributed by atoms with van der Waals surface area (Å²) in [4.78, 5) is 1.23. The quantitative estimate of drug-likeness (QED) is 0.563. The van der Waals surface area contributed by atoms with E-state index in [1.807, 2.05) is 18.2 Å². The normalized spacial score (nSPS) is 11.1. The molecule has 0 amide bonds. The van der Waals surface area contributed by atoms with Gasteiger partial charge in [0, 0.05) is 15.1 Å². The topological polar surface area (TPSA) is 23.9 Å². The van der Waals surface area contributed by atoms with Crippen LogP contribution in [0.25, 0.3) is 20.5 Å². The fourth-order valence-electron chi connectivity index (χ4n) is 1.95. The van der Waals surface area contributed by atoms with E-state index in [1.165, 1.54) is 20.5 Å². The molecule has 16 heavy (non-hydrogen) atoms. The second-order valence-electron chi connectivity index (χ2n) is 3.96. The molecule has 78 valence electrons. The summed E-state index contributed by atoms with van der Waals surface area (Å²) in [6.07, 6.45) is 0. The molecule has 0 fully saturated rings. The lowest BCUT2D eigenvalue weighted by molar-refractivity contribution is 1.27. The van der Waals surface area contributed by atoms with Crippen LogP contribution >= 0.6 is 11.3 Å². The number of hydrogen-bond donors (Lipinski definition) is 1. The molecule has 1 aromatic rings. The van der Waals surface area contributed by atoms with Gasteiger partial charge in [0.25, 0.3) is 0 Å². The molecule has 0 spiro atoms. The molecule has 1 N–H and O–H groups in total. The number of fused-ring (bicyclic) bond motifs is 2. The van der Waals surface area contributed by atoms with Gasteiger partial charge in [-0.2, -0.15) is 0 Å². The van der Waals surface area contributed by atoms with Crippen LogP contribution in [0.4, 0.5) is 0 Å². The highest BCUT2D eigenvalue weighted by Crippen LogP contribution is 2.33. The third kappa shape index (κ3) is 1.34. The summed E-state index contributed by atoms with van der Waals surface area (Å²) >= 11 is 1.77. The fourth-order valence-corrected chi connectivity index (χ4v) is 3.06. The molecule has 2 aliphatic rings. The zero-order valence-electron chi connectivity index (χ0n) is 8.95. The average molecular weight is 225 g/mol. The smallest absolute Gasteiger partial charge is 0.0626 e. The Hall–Kier alpha value is -1.67. The van der Waals surface area contributed by atoms with Gasteiger partial charge in [-0.15, -0.1) is 11.3 Å². The molecular weight excluding hydrogens is 214 g/mol. The van der Waals surface area contributed by atoms with Crippen LogP contribution in [0.2, 0.25) is 0 Å². The molecule has 1 heterocycles. The minimum Gasteiger partial charge on any atom is -0.300 e. The van der Waals surface area contributed by atoms with E-state index in [-0.39, 0.29) is 0 Å². The molecule has 2 heteroatoms. The van der Waals surface area contributed by atoms with Gasteiger partial charge in [0.15, 0.2) is 0 Å². The van der Waals surface area contributed by atoms with Crippen LogP contribution in [0.3, 0.4) is 0 Å². The summed E-state index contributed by atoms with van der Waals surface area (Å²) in [5.74, 6) is 0. The van der Waals surface area contributed by atoms with Gasteiger partial charge < -0.3 is 5.41 Å². The standard InChI is InChI=1S/C14H11NS/c1-9-6-7-12(15)11-8-10-4-2-3-5-13(10)16-14(9)11/h2-8,15H,1H3. The van der Waals surface area contributed by atoms with E-state index in [9.17, 15) is 0 Å². The van der Waals surface area contributed by atoms with E-state index in [1.54, 1.807) is 11.3 Å². The summed E-state index contributed by atoms with van der Waals surface area (Å²) in [5, 5.41) is 9.78. The van der Waals surface area contributed by atoms with Crippen LogP contribution in [0.1, 0.15) is 5.56 Å². The average Bonchev–Trinajstić information content (AvgIpc) is 2.32. The lowest BCUT2D eigenvalue weighted by atomic mass is 10.1. The third-order valence-corrected chi connectivity index (χ3v) is 4.16. The van der Waals surface area contributed by atoms with Gasteiger partial charge in [0.1, 0.15) is 0 Å². The van der Waals surface area contributed by atoms with Crippen LogP contribution in [0, 0.1) is 12.3 Å². The maximum absolute atomic E-state index is 7.94. The SMILES string of the molecule is Cc1ccc(=N)c2cc3ccccc3sc1-2. The van der Waals surface area contributed by atoms with E-state index in [0.29, 0.717) is 5.36 Å². The molecule has 0 atom stereocenters. The van der Waals surface area contributed by atoms with Gasteiger partial charge in [-0.05, 0) is 36.1 Å². The Morgan fingerprint density at radius 1 is 1.06 bits per heavy atom. The zero-order valence-corrected chi connectivity index (χ0v) is 9.77.